The molecule has 1 aromatic carbocycles. The van der Waals surface area contributed by atoms with Crippen LogP contribution in [0.3, 0.4) is 0 Å². The SMILES string of the molecule is N#Cc1ccc(S(=O)(=O)NCC2CC3CCC2C3)cc1. The highest BCUT2D eigenvalue weighted by atomic mass is 32.2. The molecular formula is C15H18N2O2S. The smallest absolute Gasteiger partial charge is 0.211 e. The summed E-state index contributed by atoms with van der Waals surface area (Å²) in [5, 5.41) is 8.72. The fourth-order valence-corrected chi connectivity index (χ4v) is 4.73. The molecule has 2 bridgehead atoms. The van der Waals surface area contributed by atoms with Crippen molar-refractivity contribution in [2.24, 2.45) is 17.8 Å². The first-order valence-electron chi connectivity index (χ1n) is 7.08. The van der Waals surface area contributed by atoms with E-state index in [1.165, 1.54) is 49.9 Å². The molecule has 2 aliphatic rings. The number of nitrogens with one attached hydrogen (secondary N) is 1. The van der Waals surface area contributed by atoms with Gasteiger partial charge in [-0.1, -0.05) is 6.42 Å². The second-order valence-corrected chi connectivity index (χ2v) is 7.69. The maximum Gasteiger partial charge on any atom is 0.240 e. The van der Waals surface area contributed by atoms with Crippen molar-refractivity contribution in [1.82, 2.24) is 4.72 Å². The zero-order valence-corrected chi connectivity index (χ0v) is 12.1. The van der Waals surface area contributed by atoms with E-state index >= 15 is 0 Å². The Morgan fingerprint density at radius 1 is 1.20 bits per heavy atom. The maximum atomic E-state index is 12.2. The van der Waals surface area contributed by atoms with Gasteiger partial charge < -0.3 is 0 Å². The molecule has 3 unspecified atom stereocenters. The molecule has 3 rings (SSSR count). The molecule has 106 valence electrons. The first-order chi connectivity index (χ1) is 9.58. The molecule has 0 spiro atoms. The van der Waals surface area contributed by atoms with Gasteiger partial charge in [-0.2, -0.15) is 5.26 Å². The maximum absolute atomic E-state index is 12.2. The van der Waals surface area contributed by atoms with Crippen LogP contribution in [-0.4, -0.2) is 15.0 Å². The van der Waals surface area contributed by atoms with E-state index in [-0.39, 0.29) is 4.90 Å². The van der Waals surface area contributed by atoms with Crippen LogP contribution in [-0.2, 0) is 10.0 Å². The molecule has 1 aromatic rings. The van der Waals surface area contributed by atoms with Crippen LogP contribution in [0.5, 0.6) is 0 Å². The molecule has 0 aliphatic heterocycles. The standard InChI is InChI=1S/C15H18N2O2S/c16-9-11-2-5-15(6-3-11)20(18,19)17-10-14-8-12-1-4-13(14)7-12/h2-3,5-6,12-14,17H,1,4,7-8,10H2. The minimum Gasteiger partial charge on any atom is -0.211 e. The van der Waals surface area contributed by atoms with Crippen LogP contribution in [0.2, 0.25) is 0 Å². The van der Waals surface area contributed by atoms with E-state index in [0.717, 1.165) is 5.92 Å². The molecule has 4 nitrogen and oxygen atoms in total. The second kappa shape index (κ2) is 5.19. The molecular weight excluding hydrogens is 272 g/mol. The first kappa shape index (κ1) is 13.6. The Kier molecular flexibility index (Phi) is 3.53. The lowest BCUT2D eigenvalue weighted by molar-refractivity contribution is 0.333. The van der Waals surface area contributed by atoms with E-state index in [1.807, 2.05) is 6.07 Å². The first-order valence-corrected chi connectivity index (χ1v) is 8.56. The summed E-state index contributed by atoms with van der Waals surface area (Å²) in [4.78, 5) is 0.236. The lowest BCUT2D eigenvalue weighted by atomic mass is 9.89. The number of rotatable bonds is 4. The molecule has 2 aliphatic carbocycles. The van der Waals surface area contributed by atoms with Crippen LogP contribution < -0.4 is 4.72 Å². The number of hydrogen-bond acceptors (Lipinski definition) is 3. The highest BCUT2D eigenvalue weighted by molar-refractivity contribution is 7.89. The lowest BCUT2D eigenvalue weighted by Gasteiger charge is -2.21. The Morgan fingerprint density at radius 3 is 2.50 bits per heavy atom. The van der Waals surface area contributed by atoms with E-state index in [4.69, 9.17) is 5.26 Å². The predicted octanol–water partition coefficient (Wildman–Crippen LogP) is 2.27. The van der Waals surface area contributed by atoms with Gasteiger partial charge in [0.15, 0.2) is 0 Å². The van der Waals surface area contributed by atoms with Gasteiger partial charge in [0.1, 0.15) is 0 Å². The number of nitrogens with zero attached hydrogens (tertiary/aromatic N) is 1. The molecule has 2 fully saturated rings. The van der Waals surface area contributed by atoms with Crippen molar-refractivity contribution in [3.05, 3.63) is 29.8 Å². The van der Waals surface area contributed by atoms with Gasteiger partial charge in [0.05, 0.1) is 16.5 Å². The van der Waals surface area contributed by atoms with Gasteiger partial charge in [-0.25, -0.2) is 13.1 Å². The van der Waals surface area contributed by atoms with Crippen molar-refractivity contribution in [2.45, 2.75) is 30.6 Å². The van der Waals surface area contributed by atoms with Gasteiger partial charge in [-0.05, 0) is 61.3 Å². The van der Waals surface area contributed by atoms with Crippen LogP contribution in [0.15, 0.2) is 29.2 Å². The largest absolute Gasteiger partial charge is 0.240 e. The number of sulfonamides is 1. The monoisotopic (exact) mass is 290 g/mol. The van der Waals surface area contributed by atoms with E-state index in [9.17, 15) is 8.42 Å². The van der Waals surface area contributed by atoms with Crippen molar-refractivity contribution in [3.63, 3.8) is 0 Å². The van der Waals surface area contributed by atoms with E-state index < -0.39 is 10.0 Å². The third-order valence-corrected chi connectivity index (χ3v) is 6.15. The van der Waals surface area contributed by atoms with Crippen LogP contribution in [0.4, 0.5) is 0 Å². The van der Waals surface area contributed by atoms with Crippen molar-refractivity contribution in [3.8, 4) is 6.07 Å². The number of nitriles is 1. The van der Waals surface area contributed by atoms with E-state index in [0.29, 0.717) is 23.9 Å². The Labute approximate surface area is 119 Å². The average Bonchev–Trinajstić information content (AvgIpc) is 3.08. The normalized spacial score (nSPS) is 28.4. The number of benzene rings is 1. The molecule has 5 heteroatoms. The molecule has 0 amide bonds. The average molecular weight is 290 g/mol. The second-order valence-electron chi connectivity index (χ2n) is 5.92. The van der Waals surface area contributed by atoms with Crippen molar-refractivity contribution in [2.75, 3.05) is 6.54 Å². The van der Waals surface area contributed by atoms with Crippen LogP contribution in [0, 0.1) is 29.1 Å². The number of hydrogen-bond donors (Lipinski definition) is 1. The Hall–Kier alpha value is -1.38. The van der Waals surface area contributed by atoms with Crippen LogP contribution in [0.1, 0.15) is 31.2 Å². The molecule has 1 N–H and O–H groups in total. The van der Waals surface area contributed by atoms with Gasteiger partial charge >= 0.3 is 0 Å². The molecule has 20 heavy (non-hydrogen) atoms. The minimum absolute atomic E-state index is 0.236. The molecule has 0 radical (unpaired) electrons. The summed E-state index contributed by atoms with van der Waals surface area (Å²) in [6.45, 7) is 0.545. The van der Waals surface area contributed by atoms with Gasteiger partial charge in [-0.3, -0.25) is 0 Å². The van der Waals surface area contributed by atoms with E-state index in [2.05, 4.69) is 4.72 Å². The Morgan fingerprint density at radius 2 is 1.95 bits per heavy atom. The zero-order valence-electron chi connectivity index (χ0n) is 11.2. The van der Waals surface area contributed by atoms with Crippen molar-refractivity contribution in [1.29, 1.82) is 5.26 Å². The highest BCUT2D eigenvalue weighted by Gasteiger charge is 2.39. The lowest BCUT2D eigenvalue weighted by Crippen LogP contribution is -2.31. The van der Waals surface area contributed by atoms with Gasteiger partial charge in [-0.15, -0.1) is 0 Å². The highest BCUT2D eigenvalue weighted by Crippen LogP contribution is 2.48. The fraction of sp³-hybridized carbons (Fsp3) is 0.533. The van der Waals surface area contributed by atoms with Crippen LogP contribution in [0.25, 0.3) is 0 Å². The summed E-state index contributed by atoms with van der Waals surface area (Å²) in [5.74, 6) is 2.04. The van der Waals surface area contributed by atoms with Crippen molar-refractivity contribution >= 4 is 10.0 Å². The molecule has 0 aromatic heterocycles. The quantitative estimate of drug-likeness (QED) is 0.924. The van der Waals surface area contributed by atoms with Gasteiger partial charge in [0.2, 0.25) is 10.0 Å². The number of fused-ring (bicyclic) bond motifs is 2. The van der Waals surface area contributed by atoms with Crippen LogP contribution >= 0.6 is 0 Å². The predicted molar refractivity (Wildman–Crippen MR) is 75.3 cm³/mol. The summed E-state index contributed by atoms with van der Waals surface area (Å²) in [6.07, 6.45) is 5.03. The van der Waals surface area contributed by atoms with Crippen molar-refractivity contribution < 1.29 is 8.42 Å². The Balaban J connectivity index is 1.65. The molecule has 2 saturated carbocycles. The van der Waals surface area contributed by atoms with Gasteiger partial charge in [0.25, 0.3) is 0 Å². The van der Waals surface area contributed by atoms with Gasteiger partial charge in [0, 0.05) is 6.54 Å². The minimum atomic E-state index is -3.45. The third kappa shape index (κ3) is 2.58. The molecule has 3 atom stereocenters. The third-order valence-electron chi connectivity index (χ3n) is 4.71. The zero-order chi connectivity index (χ0) is 14.2. The topological polar surface area (TPSA) is 70.0 Å². The summed E-state index contributed by atoms with van der Waals surface area (Å²) in [5.41, 5.74) is 0.469. The summed E-state index contributed by atoms with van der Waals surface area (Å²) < 4.78 is 27.1. The summed E-state index contributed by atoms with van der Waals surface area (Å²) in [7, 11) is -3.45. The fourth-order valence-electron chi connectivity index (χ4n) is 3.64. The molecule has 0 saturated heterocycles. The van der Waals surface area contributed by atoms with E-state index in [1.54, 1.807) is 0 Å². The Bertz CT molecular complexity index is 631. The molecule has 0 heterocycles. The summed E-state index contributed by atoms with van der Waals surface area (Å²) in [6, 6.07) is 8.03. The summed E-state index contributed by atoms with van der Waals surface area (Å²) >= 11 is 0.